The van der Waals surface area contributed by atoms with Crippen LogP contribution in [-0.4, -0.2) is 30.7 Å². The van der Waals surface area contributed by atoms with Crippen LogP contribution in [0.1, 0.15) is 28.8 Å². The van der Waals surface area contributed by atoms with Gasteiger partial charge in [0, 0.05) is 22.5 Å². The van der Waals surface area contributed by atoms with Gasteiger partial charge < -0.3 is 14.0 Å². The Morgan fingerprint density at radius 1 is 1.12 bits per heavy atom. The minimum absolute atomic E-state index is 0.0167. The first-order chi connectivity index (χ1) is 15.4. The highest BCUT2D eigenvalue weighted by atomic mass is 35.5. The molecule has 1 aliphatic carbocycles. The standard InChI is InChI=1S/C24H23ClN2O4S/c1-30-18-9-7-17(8-10-18)24(11-12-24)22(29)26-23-27(15-21(28)31-2)14-19(32-23)13-16-5-3-4-6-20(16)25/h3-10,14H,11-13,15H2,1-2H3. The van der Waals surface area contributed by atoms with Crippen LogP contribution < -0.4 is 9.54 Å². The topological polar surface area (TPSA) is 69.9 Å². The summed E-state index contributed by atoms with van der Waals surface area (Å²) in [7, 11) is 2.95. The summed E-state index contributed by atoms with van der Waals surface area (Å²) in [6, 6.07) is 15.1. The molecule has 1 fully saturated rings. The number of hydrogen-bond donors (Lipinski definition) is 0. The van der Waals surface area contributed by atoms with Gasteiger partial charge in [-0.25, -0.2) is 0 Å². The van der Waals surface area contributed by atoms with Crippen molar-refractivity contribution >= 4 is 34.8 Å². The Morgan fingerprint density at radius 2 is 1.84 bits per heavy atom. The Balaban J connectivity index is 1.67. The summed E-state index contributed by atoms with van der Waals surface area (Å²) < 4.78 is 11.7. The third kappa shape index (κ3) is 4.64. The van der Waals surface area contributed by atoms with E-state index in [-0.39, 0.29) is 12.5 Å². The average Bonchev–Trinajstić information content (AvgIpc) is 3.54. The van der Waals surface area contributed by atoms with Crippen LogP contribution in [0.5, 0.6) is 5.75 Å². The molecule has 0 atom stereocenters. The van der Waals surface area contributed by atoms with Crippen molar-refractivity contribution in [2.24, 2.45) is 4.99 Å². The average molecular weight is 471 g/mol. The molecule has 1 saturated carbocycles. The first kappa shape index (κ1) is 22.3. The Labute approximate surface area is 195 Å². The van der Waals surface area contributed by atoms with Crippen molar-refractivity contribution in [1.82, 2.24) is 4.57 Å². The molecule has 0 spiro atoms. The third-order valence-corrected chi connectivity index (χ3v) is 7.01. The van der Waals surface area contributed by atoms with E-state index in [1.54, 1.807) is 11.7 Å². The lowest BCUT2D eigenvalue weighted by atomic mass is 9.95. The number of benzene rings is 2. The lowest BCUT2D eigenvalue weighted by Crippen LogP contribution is -2.25. The molecule has 166 valence electrons. The number of methoxy groups -OCH3 is 2. The smallest absolute Gasteiger partial charge is 0.325 e. The Bertz CT molecular complexity index is 1210. The largest absolute Gasteiger partial charge is 0.497 e. The fourth-order valence-electron chi connectivity index (χ4n) is 3.60. The monoisotopic (exact) mass is 470 g/mol. The van der Waals surface area contributed by atoms with Crippen LogP contribution in [-0.2, 0) is 32.7 Å². The Morgan fingerprint density at radius 3 is 2.47 bits per heavy atom. The fourth-order valence-corrected chi connectivity index (χ4v) is 4.81. The highest BCUT2D eigenvalue weighted by molar-refractivity contribution is 7.09. The molecule has 0 bridgehead atoms. The van der Waals surface area contributed by atoms with Crippen molar-refractivity contribution in [3.05, 3.63) is 80.6 Å². The lowest BCUT2D eigenvalue weighted by Gasteiger charge is -2.12. The molecule has 1 aliphatic rings. The summed E-state index contributed by atoms with van der Waals surface area (Å²) in [5, 5.41) is 0.673. The van der Waals surface area contributed by atoms with Crippen LogP contribution in [0.25, 0.3) is 0 Å². The summed E-state index contributed by atoms with van der Waals surface area (Å²) in [4.78, 5) is 31.0. The lowest BCUT2D eigenvalue weighted by molar-refractivity contribution is -0.141. The molecule has 2 aromatic carbocycles. The van der Waals surface area contributed by atoms with Gasteiger partial charge in [-0.1, -0.05) is 41.9 Å². The molecule has 1 aromatic heterocycles. The van der Waals surface area contributed by atoms with Gasteiger partial charge in [0.1, 0.15) is 12.3 Å². The summed E-state index contributed by atoms with van der Waals surface area (Å²) in [6.45, 7) is -0.0167. The van der Waals surface area contributed by atoms with Gasteiger partial charge >= 0.3 is 5.97 Å². The van der Waals surface area contributed by atoms with E-state index in [0.29, 0.717) is 16.2 Å². The highest BCUT2D eigenvalue weighted by Gasteiger charge is 2.51. The minimum atomic E-state index is -0.609. The van der Waals surface area contributed by atoms with Crippen LogP contribution in [0.15, 0.2) is 59.7 Å². The zero-order chi connectivity index (χ0) is 22.7. The van der Waals surface area contributed by atoms with E-state index < -0.39 is 11.4 Å². The van der Waals surface area contributed by atoms with E-state index in [0.717, 1.165) is 34.6 Å². The summed E-state index contributed by atoms with van der Waals surface area (Å²) >= 11 is 7.68. The number of esters is 1. The maximum atomic E-state index is 13.2. The van der Waals surface area contributed by atoms with Crippen LogP contribution >= 0.6 is 22.9 Å². The third-order valence-electron chi connectivity index (χ3n) is 5.62. The molecule has 4 rings (SSSR count). The van der Waals surface area contributed by atoms with Crippen molar-refractivity contribution in [2.45, 2.75) is 31.2 Å². The number of carbonyl (C=O) groups excluding carboxylic acids is 2. The SMILES string of the molecule is COC(=O)Cn1cc(Cc2ccccc2Cl)sc1=NC(=O)C1(c2ccc(OC)cc2)CC1. The second-order valence-electron chi connectivity index (χ2n) is 7.68. The predicted molar refractivity (Wildman–Crippen MR) is 123 cm³/mol. The van der Waals surface area contributed by atoms with Gasteiger partial charge in [0.05, 0.1) is 19.6 Å². The predicted octanol–water partition coefficient (Wildman–Crippen LogP) is 4.13. The second kappa shape index (κ2) is 9.30. The fraction of sp³-hybridized carbons (Fsp3) is 0.292. The van der Waals surface area contributed by atoms with Gasteiger partial charge in [-0.05, 0) is 42.2 Å². The normalized spacial score (nSPS) is 14.8. The molecular formula is C24H23ClN2O4S. The zero-order valence-electron chi connectivity index (χ0n) is 17.8. The van der Waals surface area contributed by atoms with Gasteiger partial charge in [-0.15, -0.1) is 11.3 Å². The van der Waals surface area contributed by atoms with E-state index in [9.17, 15) is 9.59 Å². The van der Waals surface area contributed by atoms with E-state index in [1.807, 2.05) is 54.7 Å². The van der Waals surface area contributed by atoms with E-state index in [1.165, 1.54) is 18.4 Å². The second-order valence-corrected chi connectivity index (χ2v) is 9.18. The molecular weight excluding hydrogens is 448 g/mol. The molecule has 8 heteroatoms. The first-order valence-electron chi connectivity index (χ1n) is 10.2. The highest BCUT2D eigenvalue weighted by Crippen LogP contribution is 2.49. The quantitative estimate of drug-likeness (QED) is 0.487. The zero-order valence-corrected chi connectivity index (χ0v) is 19.4. The minimum Gasteiger partial charge on any atom is -0.497 e. The molecule has 0 aliphatic heterocycles. The van der Waals surface area contributed by atoms with Gasteiger partial charge in [0.25, 0.3) is 5.91 Å². The number of hydrogen-bond acceptors (Lipinski definition) is 5. The molecule has 32 heavy (non-hydrogen) atoms. The Hall–Kier alpha value is -2.90. The van der Waals surface area contributed by atoms with E-state index in [4.69, 9.17) is 21.1 Å². The number of rotatable bonds is 7. The Kier molecular flexibility index (Phi) is 6.48. The van der Waals surface area contributed by atoms with Crippen molar-refractivity contribution in [2.75, 3.05) is 14.2 Å². The summed E-state index contributed by atoms with van der Waals surface area (Å²) in [6.07, 6.45) is 3.91. The summed E-state index contributed by atoms with van der Waals surface area (Å²) in [5.74, 6) is 0.136. The van der Waals surface area contributed by atoms with Crippen molar-refractivity contribution in [3.63, 3.8) is 0 Å². The molecule has 1 heterocycles. The number of aromatic nitrogens is 1. The number of halogens is 1. The molecule has 0 N–H and O–H groups in total. The van der Waals surface area contributed by atoms with Crippen molar-refractivity contribution in [3.8, 4) is 5.75 Å². The maximum absolute atomic E-state index is 13.2. The number of nitrogens with zero attached hydrogens (tertiary/aromatic N) is 2. The number of ether oxygens (including phenoxy) is 2. The molecule has 0 radical (unpaired) electrons. The van der Waals surface area contributed by atoms with Gasteiger partial charge in [-0.2, -0.15) is 4.99 Å². The molecule has 1 amide bonds. The number of thiazole rings is 1. The van der Waals surface area contributed by atoms with Crippen LogP contribution in [0.3, 0.4) is 0 Å². The molecule has 6 nitrogen and oxygen atoms in total. The number of carbonyl (C=O) groups is 2. The molecule has 3 aromatic rings. The van der Waals surface area contributed by atoms with Crippen molar-refractivity contribution < 1.29 is 19.1 Å². The molecule has 0 unspecified atom stereocenters. The van der Waals surface area contributed by atoms with Crippen LogP contribution in [0.2, 0.25) is 5.02 Å². The van der Waals surface area contributed by atoms with Gasteiger partial charge in [0.2, 0.25) is 0 Å². The summed E-state index contributed by atoms with van der Waals surface area (Å²) in [5.41, 5.74) is 1.29. The molecule has 0 saturated heterocycles. The van der Waals surface area contributed by atoms with Gasteiger partial charge in [0.15, 0.2) is 4.80 Å². The van der Waals surface area contributed by atoms with Gasteiger partial charge in [-0.3, -0.25) is 9.59 Å². The first-order valence-corrected chi connectivity index (χ1v) is 11.4. The van der Waals surface area contributed by atoms with Crippen molar-refractivity contribution in [1.29, 1.82) is 0 Å². The van der Waals surface area contributed by atoms with E-state index in [2.05, 4.69) is 4.99 Å². The van der Waals surface area contributed by atoms with Crippen LogP contribution in [0.4, 0.5) is 0 Å². The number of amides is 1. The maximum Gasteiger partial charge on any atom is 0.325 e. The van der Waals surface area contributed by atoms with E-state index >= 15 is 0 Å². The van der Waals surface area contributed by atoms with Crippen LogP contribution in [0, 0.1) is 0 Å².